The van der Waals surface area contributed by atoms with E-state index in [2.05, 4.69) is 17.2 Å². The number of thioether (sulfide) groups is 1. The summed E-state index contributed by atoms with van der Waals surface area (Å²) in [4.78, 5) is 17.2. The average Bonchev–Trinajstić information content (AvgIpc) is 3.14. The summed E-state index contributed by atoms with van der Waals surface area (Å²) in [6.45, 7) is 6.12. The normalized spacial score (nSPS) is 11.0. The van der Waals surface area contributed by atoms with Gasteiger partial charge in [-0.15, -0.1) is 0 Å². The molecule has 5 heteroatoms. The minimum absolute atomic E-state index is 0.113. The van der Waals surface area contributed by atoms with E-state index in [1.165, 1.54) is 17.3 Å². The molecular formula is C24H22N2O2S. The fourth-order valence-corrected chi connectivity index (χ4v) is 3.87. The van der Waals surface area contributed by atoms with Gasteiger partial charge in [0.15, 0.2) is 5.58 Å². The van der Waals surface area contributed by atoms with Crippen molar-refractivity contribution in [3.63, 3.8) is 0 Å². The predicted octanol–water partition coefficient (Wildman–Crippen LogP) is 6.30. The minimum Gasteiger partial charge on any atom is -0.431 e. The van der Waals surface area contributed by atoms with E-state index >= 15 is 0 Å². The van der Waals surface area contributed by atoms with E-state index < -0.39 is 0 Å². The predicted molar refractivity (Wildman–Crippen MR) is 119 cm³/mol. The quantitative estimate of drug-likeness (QED) is 0.398. The molecule has 0 saturated heterocycles. The molecule has 0 atom stereocenters. The Morgan fingerprint density at radius 3 is 2.59 bits per heavy atom. The van der Waals surface area contributed by atoms with Crippen molar-refractivity contribution in [1.29, 1.82) is 0 Å². The molecule has 4 rings (SSSR count). The number of rotatable bonds is 5. The summed E-state index contributed by atoms with van der Waals surface area (Å²) < 4.78 is 5.82. The first kappa shape index (κ1) is 19.3. The number of anilines is 1. The number of carbonyl (C=O) groups excluding carboxylic acids is 1. The summed E-state index contributed by atoms with van der Waals surface area (Å²) >= 11 is 1.53. The van der Waals surface area contributed by atoms with E-state index in [4.69, 9.17) is 4.42 Å². The maximum Gasteiger partial charge on any atom is 0.257 e. The standard InChI is InChI=1S/C24H22N2O2S/c1-15-10-11-20(12-17(15)3)25-23(27)19-8-5-7-18(13-19)14-29-24-26-22-16(2)6-4-9-21(22)28-24/h4-13H,14H2,1-3H3,(H,25,27). The molecule has 0 aliphatic carbocycles. The Morgan fingerprint density at radius 2 is 1.79 bits per heavy atom. The summed E-state index contributed by atoms with van der Waals surface area (Å²) in [7, 11) is 0. The minimum atomic E-state index is -0.113. The van der Waals surface area contributed by atoms with Crippen molar-refractivity contribution in [2.45, 2.75) is 31.7 Å². The van der Waals surface area contributed by atoms with Crippen LogP contribution in [0.5, 0.6) is 0 Å². The number of aryl methyl sites for hydroxylation is 3. The maximum absolute atomic E-state index is 12.6. The van der Waals surface area contributed by atoms with Gasteiger partial charge in [0.2, 0.25) is 0 Å². The lowest BCUT2D eigenvalue weighted by atomic mass is 10.1. The molecule has 1 amide bonds. The Balaban J connectivity index is 1.45. The zero-order chi connectivity index (χ0) is 20.4. The summed E-state index contributed by atoms with van der Waals surface area (Å²) in [6.07, 6.45) is 0. The van der Waals surface area contributed by atoms with Crippen molar-refractivity contribution in [3.05, 3.63) is 88.5 Å². The van der Waals surface area contributed by atoms with Crippen molar-refractivity contribution < 1.29 is 9.21 Å². The molecule has 0 aliphatic rings. The van der Waals surface area contributed by atoms with Crippen LogP contribution in [0, 0.1) is 20.8 Å². The number of aromatic nitrogens is 1. The van der Waals surface area contributed by atoms with Crippen LogP contribution >= 0.6 is 11.8 Å². The fourth-order valence-electron chi connectivity index (χ4n) is 3.10. The average molecular weight is 403 g/mol. The van der Waals surface area contributed by atoms with Crippen LogP contribution in [0.1, 0.15) is 32.6 Å². The number of nitrogens with zero attached hydrogens (tertiary/aromatic N) is 1. The van der Waals surface area contributed by atoms with Crippen molar-refractivity contribution >= 4 is 34.5 Å². The topological polar surface area (TPSA) is 55.1 Å². The van der Waals surface area contributed by atoms with Gasteiger partial charge in [-0.3, -0.25) is 4.79 Å². The number of amides is 1. The molecule has 0 unspecified atom stereocenters. The molecule has 1 N–H and O–H groups in total. The summed E-state index contributed by atoms with van der Waals surface area (Å²) in [5.74, 6) is 0.564. The van der Waals surface area contributed by atoms with E-state index in [-0.39, 0.29) is 5.91 Å². The number of hydrogen-bond acceptors (Lipinski definition) is 4. The molecule has 0 radical (unpaired) electrons. The van der Waals surface area contributed by atoms with Crippen molar-refractivity contribution in [1.82, 2.24) is 4.98 Å². The molecule has 1 heterocycles. The molecular weight excluding hydrogens is 380 g/mol. The monoisotopic (exact) mass is 402 g/mol. The molecule has 29 heavy (non-hydrogen) atoms. The highest BCUT2D eigenvalue weighted by molar-refractivity contribution is 7.98. The van der Waals surface area contributed by atoms with E-state index in [9.17, 15) is 4.79 Å². The molecule has 1 aromatic heterocycles. The van der Waals surface area contributed by atoms with Crippen LogP contribution < -0.4 is 5.32 Å². The summed E-state index contributed by atoms with van der Waals surface area (Å²) in [5, 5.41) is 3.61. The van der Waals surface area contributed by atoms with Crippen LogP contribution in [0.3, 0.4) is 0 Å². The number of nitrogens with one attached hydrogen (secondary N) is 1. The highest BCUT2D eigenvalue weighted by Crippen LogP contribution is 2.28. The van der Waals surface area contributed by atoms with Gasteiger partial charge in [0.05, 0.1) is 0 Å². The Morgan fingerprint density at radius 1 is 0.966 bits per heavy atom. The van der Waals surface area contributed by atoms with Gasteiger partial charge in [0, 0.05) is 17.0 Å². The smallest absolute Gasteiger partial charge is 0.257 e. The third-order valence-electron chi connectivity index (χ3n) is 4.92. The first-order chi connectivity index (χ1) is 14.0. The van der Waals surface area contributed by atoms with Crippen LogP contribution in [0.15, 0.2) is 70.3 Å². The Kier molecular flexibility index (Phi) is 5.41. The second-order valence-electron chi connectivity index (χ2n) is 7.14. The second kappa shape index (κ2) is 8.13. The van der Waals surface area contributed by atoms with Crippen LogP contribution in [0.4, 0.5) is 5.69 Å². The number of para-hydroxylation sites is 1. The maximum atomic E-state index is 12.6. The number of benzene rings is 3. The van der Waals surface area contributed by atoms with Gasteiger partial charge < -0.3 is 9.73 Å². The molecule has 4 aromatic rings. The van der Waals surface area contributed by atoms with Crippen LogP contribution in [0.2, 0.25) is 0 Å². The van der Waals surface area contributed by atoms with Gasteiger partial charge in [-0.25, -0.2) is 4.98 Å². The summed E-state index contributed by atoms with van der Waals surface area (Å²) in [6, 6.07) is 19.5. The zero-order valence-electron chi connectivity index (χ0n) is 16.7. The van der Waals surface area contributed by atoms with Gasteiger partial charge in [-0.05, 0) is 73.4 Å². The molecule has 0 spiro atoms. The molecule has 4 nitrogen and oxygen atoms in total. The van der Waals surface area contributed by atoms with E-state index in [1.54, 1.807) is 0 Å². The SMILES string of the molecule is Cc1ccc(NC(=O)c2cccc(CSc3nc4c(C)cccc4o3)c2)cc1C. The third-order valence-corrected chi connectivity index (χ3v) is 5.82. The van der Waals surface area contributed by atoms with Crippen LogP contribution in [-0.4, -0.2) is 10.9 Å². The van der Waals surface area contributed by atoms with Crippen molar-refractivity contribution in [2.75, 3.05) is 5.32 Å². The third kappa shape index (κ3) is 4.35. The second-order valence-corrected chi connectivity index (χ2v) is 8.07. The molecule has 0 saturated carbocycles. The lowest BCUT2D eigenvalue weighted by molar-refractivity contribution is 0.102. The van der Waals surface area contributed by atoms with Gasteiger partial charge in [0.25, 0.3) is 11.1 Å². The van der Waals surface area contributed by atoms with E-state index in [0.717, 1.165) is 33.5 Å². The Bertz CT molecular complexity index is 1200. The molecule has 0 bridgehead atoms. The Hall–Kier alpha value is -3.05. The van der Waals surface area contributed by atoms with Crippen molar-refractivity contribution in [2.24, 2.45) is 0 Å². The summed E-state index contributed by atoms with van der Waals surface area (Å²) in [5.41, 5.74) is 7.64. The van der Waals surface area contributed by atoms with Gasteiger partial charge in [0.1, 0.15) is 5.52 Å². The highest BCUT2D eigenvalue weighted by atomic mass is 32.2. The lowest BCUT2D eigenvalue weighted by Gasteiger charge is -2.08. The molecule has 0 aliphatic heterocycles. The zero-order valence-corrected chi connectivity index (χ0v) is 17.5. The Labute approximate surface area is 174 Å². The van der Waals surface area contributed by atoms with Crippen molar-refractivity contribution in [3.8, 4) is 0 Å². The largest absolute Gasteiger partial charge is 0.431 e. The van der Waals surface area contributed by atoms with E-state index in [1.807, 2.05) is 74.5 Å². The van der Waals surface area contributed by atoms with E-state index in [0.29, 0.717) is 16.5 Å². The highest BCUT2D eigenvalue weighted by Gasteiger charge is 2.11. The van der Waals surface area contributed by atoms with Gasteiger partial charge in [-0.2, -0.15) is 0 Å². The lowest BCUT2D eigenvalue weighted by Crippen LogP contribution is -2.12. The fraction of sp³-hybridized carbons (Fsp3) is 0.167. The number of oxazole rings is 1. The molecule has 146 valence electrons. The van der Waals surface area contributed by atoms with Gasteiger partial charge in [-0.1, -0.05) is 42.1 Å². The molecule has 0 fully saturated rings. The van der Waals surface area contributed by atoms with Crippen LogP contribution in [0.25, 0.3) is 11.1 Å². The number of fused-ring (bicyclic) bond motifs is 1. The number of carbonyl (C=O) groups is 1. The van der Waals surface area contributed by atoms with Crippen LogP contribution in [-0.2, 0) is 5.75 Å². The number of hydrogen-bond donors (Lipinski definition) is 1. The van der Waals surface area contributed by atoms with Gasteiger partial charge >= 0.3 is 0 Å². The first-order valence-corrected chi connectivity index (χ1v) is 10.4. The molecule has 3 aromatic carbocycles. The first-order valence-electron chi connectivity index (χ1n) is 9.46.